The Morgan fingerprint density at radius 2 is 1.32 bits per heavy atom. The number of carboxylic acids is 1. The molecular weight excluding hydrogens is 520 g/mol. The van der Waals surface area contributed by atoms with Gasteiger partial charge in [0.05, 0.1) is 18.9 Å². The molecule has 0 saturated heterocycles. The number of aliphatic carboxylic acids is 1. The monoisotopic (exact) mass is 550 g/mol. The van der Waals surface area contributed by atoms with Crippen LogP contribution in [0.1, 0.15) is 39.5 Å². The fourth-order valence-electron chi connectivity index (χ4n) is 4.15. The minimum absolute atomic E-state index is 0.117. The molecule has 9 heteroatoms. The Balaban J connectivity index is 1.28. The molecule has 9 nitrogen and oxygen atoms in total. The van der Waals surface area contributed by atoms with E-state index < -0.39 is 17.9 Å². The third-order valence-electron chi connectivity index (χ3n) is 6.29. The Labute approximate surface area is 237 Å². The topological polar surface area (TPSA) is 137 Å². The number of nitrogens with one attached hydrogen (secondary N) is 4. The molecule has 4 aromatic carbocycles. The van der Waals surface area contributed by atoms with E-state index in [2.05, 4.69) is 21.3 Å². The van der Waals surface area contributed by atoms with E-state index in [0.717, 1.165) is 16.8 Å². The summed E-state index contributed by atoms with van der Waals surface area (Å²) < 4.78 is 0. The summed E-state index contributed by atoms with van der Waals surface area (Å²) in [4.78, 5) is 48.9. The van der Waals surface area contributed by atoms with Crippen molar-refractivity contribution in [2.24, 2.45) is 0 Å². The molecule has 0 heterocycles. The molecule has 0 aliphatic rings. The summed E-state index contributed by atoms with van der Waals surface area (Å²) in [6.07, 6.45) is -0.132. The van der Waals surface area contributed by atoms with Gasteiger partial charge in [-0.25, -0.2) is 4.79 Å². The zero-order valence-electron chi connectivity index (χ0n) is 22.4. The minimum Gasteiger partial charge on any atom is -0.481 e. The van der Waals surface area contributed by atoms with Crippen LogP contribution in [0.2, 0.25) is 0 Å². The number of benzene rings is 4. The Morgan fingerprint density at radius 1 is 0.707 bits per heavy atom. The Kier molecular flexibility index (Phi) is 9.45. The number of carbonyl (C=O) groups is 4. The second-order valence-electron chi connectivity index (χ2n) is 9.43. The molecule has 208 valence electrons. The normalized spacial score (nSPS) is 11.1. The summed E-state index contributed by atoms with van der Waals surface area (Å²) in [6.45, 7) is 1.91. The first-order valence-corrected chi connectivity index (χ1v) is 13.0. The average molecular weight is 551 g/mol. The fourth-order valence-corrected chi connectivity index (χ4v) is 4.15. The SMILES string of the molecule is Cc1ccccc1NC(=O)Nc1ccc(CC(=O)Nc2ccc(C(=O)NC(CC(=O)O)c3ccccc3)cc2)cc1. The maximum Gasteiger partial charge on any atom is 0.323 e. The molecule has 0 aliphatic heterocycles. The summed E-state index contributed by atoms with van der Waals surface area (Å²) in [5, 5.41) is 20.4. The van der Waals surface area contributed by atoms with Gasteiger partial charge in [0, 0.05) is 22.6 Å². The summed E-state index contributed by atoms with van der Waals surface area (Å²) in [5.74, 6) is -1.68. The van der Waals surface area contributed by atoms with Crippen molar-refractivity contribution in [3.05, 3.63) is 125 Å². The van der Waals surface area contributed by atoms with Gasteiger partial charge in [-0.1, -0.05) is 60.7 Å². The molecule has 4 rings (SSSR count). The van der Waals surface area contributed by atoms with Crippen LogP contribution in [0.15, 0.2) is 103 Å². The van der Waals surface area contributed by atoms with Crippen LogP contribution in [0.25, 0.3) is 0 Å². The first-order valence-electron chi connectivity index (χ1n) is 13.0. The van der Waals surface area contributed by atoms with Gasteiger partial charge in [0.25, 0.3) is 5.91 Å². The smallest absolute Gasteiger partial charge is 0.323 e. The van der Waals surface area contributed by atoms with Crippen LogP contribution < -0.4 is 21.3 Å². The van der Waals surface area contributed by atoms with Gasteiger partial charge >= 0.3 is 12.0 Å². The van der Waals surface area contributed by atoms with E-state index in [9.17, 15) is 24.3 Å². The molecule has 0 saturated carbocycles. The highest BCUT2D eigenvalue weighted by atomic mass is 16.4. The molecule has 41 heavy (non-hydrogen) atoms. The molecule has 1 unspecified atom stereocenters. The quantitative estimate of drug-likeness (QED) is 0.171. The van der Waals surface area contributed by atoms with Crippen molar-refractivity contribution in [1.29, 1.82) is 0 Å². The van der Waals surface area contributed by atoms with Gasteiger partial charge in [0.2, 0.25) is 5.91 Å². The lowest BCUT2D eigenvalue weighted by molar-refractivity contribution is -0.137. The molecule has 1 atom stereocenters. The Bertz CT molecular complexity index is 1520. The van der Waals surface area contributed by atoms with Gasteiger partial charge in [-0.2, -0.15) is 0 Å². The number of anilines is 3. The lowest BCUT2D eigenvalue weighted by Gasteiger charge is -2.17. The third-order valence-corrected chi connectivity index (χ3v) is 6.29. The number of hydrogen-bond acceptors (Lipinski definition) is 4. The summed E-state index contributed by atoms with van der Waals surface area (Å²) in [7, 11) is 0. The highest BCUT2D eigenvalue weighted by molar-refractivity contribution is 6.00. The average Bonchev–Trinajstić information content (AvgIpc) is 2.95. The lowest BCUT2D eigenvalue weighted by Crippen LogP contribution is -2.30. The summed E-state index contributed by atoms with van der Waals surface area (Å²) in [5.41, 5.74) is 4.57. The van der Waals surface area contributed by atoms with Gasteiger partial charge in [0.15, 0.2) is 0 Å². The zero-order valence-corrected chi connectivity index (χ0v) is 22.4. The van der Waals surface area contributed by atoms with E-state index in [-0.39, 0.29) is 24.8 Å². The molecule has 0 aliphatic carbocycles. The largest absolute Gasteiger partial charge is 0.481 e. The predicted molar refractivity (Wildman–Crippen MR) is 158 cm³/mol. The molecule has 0 aromatic heterocycles. The number of amides is 4. The van der Waals surface area contributed by atoms with Gasteiger partial charge < -0.3 is 26.4 Å². The number of urea groups is 1. The fraction of sp³-hybridized carbons (Fsp3) is 0.125. The highest BCUT2D eigenvalue weighted by Gasteiger charge is 2.19. The number of para-hydroxylation sites is 1. The van der Waals surface area contributed by atoms with Crippen LogP contribution in [0.5, 0.6) is 0 Å². The third kappa shape index (κ3) is 8.52. The molecule has 0 bridgehead atoms. The number of aryl methyl sites for hydroxylation is 1. The van der Waals surface area contributed by atoms with E-state index in [4.69, 9.17) is 0 Å². The second-order valence-corrected chi connectivity index (χ2v) is 9.43. The van der Waals surface area contributed by atoms with Crippen molar-refractivity contribution in [2.45, 2.75) is 25.8 Å². The van der Waals surface area contributed by atoms with Crippen LogP contribution in [0, 0.1) is 6.92 Å². The zero-order chi connectivity index (χ0) is 29.2. The van der Waals surface area contributed by atoms with E-state index in [1.807, 2.05) is 37.3 Å². The van der Waals surface area contributed by atoms with E-state index in [1.54, 1.807) is 72.8 Å². The predicted octanol–water partition coefficient (Wildman–Crippen LogP) is 5.77. The molecular formula is C32H30N4O5. The maximum atomic E-state index is 12.8. The van der Waals surface area contributed by atoms with Gasteiger partial charge in [-0.3, -0.25) is 14.4 Å². The van der Waals surface area contributed by atoms with E-state index >= 15 is 0 Å². The minimum atomic E-state index is -1.02. The summed E-state index contributed by atoms with van der Waals surface area (Å²) >= 11 is 0. The summed E-state index contributed by atoms with van der Waals surface area (Å²) in [6, 6.07) is 28.7. The van der Waals surface area contributed by atoms with Crippen LogP contribution in [-0.4, -0.2) is 28.9 Å². The molecule has 0 fully saturated rings. The van der Waals surface area contributed by atoms with Crippen LogP contribution in [-0.2, 0) is 16.0 Å². The van der Waals surface area contributed by atoms with Crippen LogP contribution in [0.4, 0.5) is 21.9 Å². The van der Waals surface area contributed by atoms with Gasteiger partial charge in [-0.15, -0.1) is 0 Å². The molecule has 4 amide bonds. The molecule has 5 N–H and O–H groups in total. The Morgan fingerprint density at radius 3 is 1.98 bits per heavy atom. The van der Waals surface area contributed by atoms with Gasteiger partial charge in [-0.05, 0) is 66.1 Å². The lowest BCUT2D eigenvalue weighted by atomic mass is 10.0. The first kappa shape index (κ1) is 28.6. The van der Waals surface area contributed by atoms with Gasteiger partial charge in [0.1, 0.15) is 0 Å². The number of carboxylic acid groups (broad SMARTS) is 1. The van der Waals surface area contributed by atoms with Crippen molar-refractivity contribution >= 4 is 40.9 Å². The van der Waals surface area contributed by atoms with E-state index in [0.29, 0.717) is 22.5 Å². The van der Waals surface area contributed by atoms with Crippen LogP contribution >= 0.6 is 0 Å². The van der Waals surface area contributed by atoms with Crippen molar-refractivity contribution in [1.82, 2.24) is 5.32 Å². The maximum absolute atomic E-state index is 12.8. The van der Waals surface area contributed by atoms with Crippen LogP contribution in [0.3, 0.4) is 0 Å². The van der Waals surface area contributed by atoms with Crippen molar-refractivity contribution in [3.63, 3.8) is 0 Å². The van der Waals surface area contributed by atoms with Crippen molar-refractivity contribution in [3.8, 4) is 0 Å². The van der Waals surface area contributed by atoms with Crippen molar-refractivity contribution in [2.75, 3.05) is 16.0 Å². The number of rotatable bonds is 10. The molecule has 0 spiro atoms. The molecule has 0 radical (unpaired) electrons. The molecule has 4 aromatic rings. The number of hydrogen-bond donors (Lipinski definition) is 5. The van der Waals surface area contributed by atoms with E-state index in [1.165, 1.54) is 0 Å². The number of carbonyl (C=O) groups excluding carboxylic acids is 3. The second kappa shape index (κ2) is 13.6. The highest BCUT2D eigenvalue weighted by Crippen LogP contribution is 2.19. The van der Waals surface area contributed by atoms with Crippen molar-refractivity contribution < 1.29 is 24.3 Å². The standard InChI is InChI=1S/C32H30N4O5/c1-21-7-5-6-10-27(21)36-32(41)34-26-15-11-22(12-16-26)19-29(37)33-25-17-13-24(14-18-25)31(40)35-28(20-30(38)39)23-8-3-2-4-9-23/h2-18,28H,19-20H2,1H3,(H,33,37)(H,35,40)(H,38,39)(H2,34,36,41). The Hall–Kier alpha value is -5.44. The first-order chi connectivity index (χ1) is 19.8.